The van der Waals surface area contributed by atoms with Gasteiger partial charge in [0, 0.05) is 0 Å². The van der Waals surface area contributed by atoms with Crippen molar-refractivity contribution in [3.8, 4) is 0 Å². The van der Waals surface area contributed by atoms with E-state index in [0.29, 0.717) is 0 Å². The Bertz CT molecular complexity index is 424. The molecule has 0 spiro atoms. The highest BCUT2D eigenvalue weighted by Crippen LogP contribution is 2.52. The molecule has 8 heteroatoms. The van der Waals surface area contributed by atoms with Gasteiger partial charge >= 0.3 is 5.97 Å². The Balaban J connectivity index is 2.50. The van der Waals surface area contributed by atoms with E-state index in [1.165, 1.54) is 13.8 Å². The van der Waals surface area contributed by atoms with Crippen molar-refractivity contribution in [1.82, 2.24) is 4.90 Å². The van der Waals surface area contributed by atoms with Crippen LogP contribution in [0.4, 0.5) is 4.39 Å². The minimum Gasteiger partial charge on any atom is -0.480 e. The van der Waals surface area contributed by atoms with Crippen LogP contribution in [0.25, 0.3) is 0 Å². The highest BCUT2D eigenvalue weighted by atomic mass is 79.9. The topological polar surface area (TPSA) is 74.7 Å². The van der Waals surface area contributed by atoms with Crippen molar-refractivity contribution < 1.29 is 23.3 Å². The fourth-order valence-corrected chi connectivity index (χ4v) is 4.87. The van der Waals surface area contributed by atoms with Crippen LogP contribution in [0.5, 0.6) is 0 Å². The van der Waals surface area contributed by atoms with Crippen LogP contribution >= 0.6 is 15.9 Å². The number of carboxylic acid groups (broad SMARTS) is 1. The number of rotatable bonds is 1. The first-order valence-electron chi connectivity index (χ1n) is 4.47. The molecular weight excluding hydrogens is 305 g/mol. The lowest BCUT2D eigenvalue weighted by molar-refractivity contribution is -0.166. The molecule has 0 aromatic rings. The average molecular weight is 314 g/mol. The molecule has 2 aliphatic rings. The normalized spacial score (nSPS) is 45.1. The molecular formula is C8H9BrFNO4S. The van der Waals surface area contributed by atoms with E-state index in [0.717, 1.165) is 4.90 Å². The average Bonchev–Trinajstić information content (AvgIpc) is 2.33. The van der Waals surface area contributed by atoms with Gasteiger partial charge in [-0.3, -0.25) is 9.00 Å². The summed E-state index contributed by atoms with van der Waals surface area (Å²) in [5.41, 5.74) is 0. The van der Waals surface area contributed by atoms with Crippen molar-refractivity contribution in [1.29, 1.82) is 0 Å². The number of carboxylic acids is 1. The number of aliphatic carboxylic acids is 1. The minimum absolute atomic E-state index is 0.854. The number of nitrogens with zero attached hydrogens (tertiary/aromatic N) is 1. The number of fused-ring (bicyclic) bond motifs is 1. The van der Waals surface area contributed by atoms with E-state index in [2.05, 4.69) is 15.9 Å². The number of hydrogen-bond donors (Lipinski definition) is 1. The summed E-state index contributed by atoms with van der Waals surface area (Å²) < 4.78 is 22.1. The van der Waals surface area contributed by atoms with Crippen LogP contribution in [0, 0.1) is 0 Å². The molecule has 0 aromatic heterocycles. The summed E-state index contributed by atoms with van der Waals surface area (Å²) in [4.78, 5) is 23.3. The highest BCUT2D eigenvalue weighted by Gasteiger charge is 2.75. The van der Waals surface area contributed by atoms with Gasteiger partial charge in [-0.2, -0.15) is 0 Å². The maximum absolute atomic E-state index is 13.7. The molecule has 1 amide bonds. The van der Waals surface area contributed by atoms with E-state index in [4.69, 9.17) is 5.11 Å². The molecule has 0 unspecified atom stereocenters. The predicted octanol–water partition coefficient (Wildman–Crippen LogP) is 0.210. The molecule has 16 heavy (non-hydrogen) atoms. The van der Waals surface area contributed by atoms with Crippen molar-refractivity contribution in [3.05, 3.63) is 0 Å². The Hall–Kier alpha value is -0.500. The Labute approximate surface area is 102 Å². The van der Waals surface area contributed by atoms with Crippen LogP contribution in [-0.4, -0.2) is 46.8 Å². The number of β-lactam (4-membered cyclic amide) rings is 1. The molecule has 2 aliphatic heterocycles. The Morgan fingerprint density at radius 3 is 2.56 bits per heavy atom. The molecule has 0 radical (unpaired) electrons. The van der Waals surface area contributed by atoms with E-state index >= 15 is 0 Å². The van der Waals surface area contributed by atoms with Crippen molar-refractivity contribution in [2.24, 2.45) is 0 Å². The van der Waals surface area contributed by atoms with Crippen LogP contribution in [0.15, 0.2) is 0 Å². The number of halogens is 2. The van der Waals surface area contributed by atoms with Gasteiger partial charge in [0.1, 0.15) is 6.04 Å². The molecule has 2 heterocycles. The summed E-state index contributed by atoms with van der Waals surface area (Å²) in [7, 11) is -1.76. The van der Waals surface area contributed by atoms with Gasteiger partial charge < -0.3 is 10.0 Å². The largest absolute Gasteiger partial charge is 0.480 e. The van der Waals surface area contributed by atoms with Gasteiger partial charge in [-0.1, -0.05) is 0 Å². The number of amides is 1. The Morgan fingerprint density at radius 2 is 2.12 bits per heavy atom. The number of carbonyl (C=O) groups is 2. The monoisotopic (exact) mass is 313 g/mol. The first kappa shape index (κ1) is 12.0. The second-order valence-electron chi connectivity index (χ2n) is 4.33. The maximum Gasteiger partial charge on any atom is 0.328 e. The van der Waals surface area contributed by atoms with Crippen molar-refractivity contribution in [2.75, 3.05) is 0 Å². The van der Waals surface area contributed by atoms with E-state index < -0.39 is 43.4 Å². The first-order chi connectivity index (χ1) is 7.13. The van der Waals surface area contributed by atoms with E-state index in [-0.39, 0.29) is 0 Å². The molecule has 5 nitrogen and oxygen atoms in total. The zero-order valence-electron chi connectivity index (χ0n) is 8.44. The molecule has 0 aliphatic carbocycles. The summed E-state index contributed by atoms with van der Waals surface area (Å²) in [5.74, 6) is -2.24. The van der Waals surface area contributed by atoms with Gasteiger partial charge in [-0.25, -0.2) is 9.18 Å². The SMILES string of the molecule is CC1(C)[C@H](C(=O)O)N2C(=O)[C@@](F)(Br)[C@H]2[S@@]1=O. The van der Waals surface area contributed by atoms with Gasteiger partial charge in [0.15, 0.2) is 5.37 Å². The van der Waals surface area contributed by atoms with E-state index in [1.807, 2.05) is 0 Å². The Kier molecular flexibility index (Phi) is 2.27. The van der Waals surface area contributed by atoms with Gasteiger partial charge in [0.25, 0.3) is 10.5 Å². The van der Waals surface area contributed by atoms with Crippen LogP contribution in [0.2, 0.25) is 0 Å². The molecule has 0 bridgehead atoms. The summed E-state index contributed by atoms with van der Waals surface area (Å²) >= 11 is 2.56. The second kappa shape index (κ2) is 3.04. The summed E-state index contributed by atoms with van der Waals surface area (Å²) in [6.07, 6.45) is 0. The van der Waals surface area contributed by atoms with Crippen LogP contribution in [0.3, 0.4) is 0 Å². The lowest BCUT2D eigenvalue weighted by Crippen LogP contribution is -2.69. The molecule has 0 aromatic carbocycles. The highest BCUT2D eigenvalue weighted by molar-refractivity contribution is 9.10. The third-order valence-electron chi connectivity index (χ3n) is 2.97. The summed E-state index contributed by atoms with van der Waals surface area (Å²) in [5, 5.41) is 7.80. The van der Waals surface area contributed by atoms with Crippen LogP contribution in [-0.2, 0) is 20.4 Å². The second-order valence-corrected chi connectivity index (χ2v) is 7.58. The van der Waals surface area contributed by atoms with Crippen LogP contribution < -0.4 is 0 Å². The quantitative estimate of drug-likeness (QED) is 0.555. The zero-order chi connectivity index (χ0) is 12.5. The fourth-order valence-electron chi connectivity index (χ4n) is 2.13. The third kappa shape index (κ3) is 1.11. The molecule has 2 rings (SSSR count). The molecule has 2 saturated heterocycles. The van der Waals surface area contributed by atoms with Crippen LogP contribution in [0.1, 0.15) is 13.8 Å². The van der Waals surface area contributed by atoms with E-state index in [9.17, 15) is 18.2 Å². The maximum atomic E-state index is 13.7. The van der Waals surface area contributed by atoms with Gasteiger partial charge in [-0.05, 0) is 29.8 Å². The zero-order valence-corrected chi connectivity index (χ0v) is 10.8. The molecule has 4 atom stereocenters. The summed E-state index contributed by atoms with van der Waals surface area (Å²) in [6.45, 7) is 2.91. The Morgan fingerprint density at radius 1 is 1.62 bits per heavy atom. The van der Waals surface area contributed by atoms with Crippen molar-refractivity contribution in [3.63, 3.8) is 0 Å². The fraction of sp³-hybridized carbons (Fsp3) is 0.750. The van der Waals surface area contributed by atoms with Crippen molar-refractivity contribution >= 4 is 38.6 Å². The molecule has 1 N–H and O–H groups in total. The molecule has 90 valence electrons. The van der Waals surface area contributed by atoms with Gasteiger partial charge in [-0.15, -0.1) is 0 Å². The predicted molar refractivity (Wildman–Crippen MR) is 57.0 cm³/mol. The number of alkyl halides is 2. The minimum atomic E-state index is -2.39. The lowest BCUT2D eigenvalue weighted by atomic mass is 9.98. The summed E-state index contributed by atoms with van der Waals surface area (Å²) in [6, 6.07) is -1.24. The third-order valence-corrected chi connectivity index (χ3v) is 6.27. The molecule has 0 saturated carbocycles. The standard InChI is InChI=1S/C8H9BrFNO4S/c1-7(2)3(4(12)13)11-5(14)8(9,10)6(11)16(7)15/h3,6H,1-2H3,(H,12,13)/t3-,6+,8-,16-/m0/s1. The number of hydrogen-bond acceptors (Lipinski definition) is 3. The van der Waals surface area contributed by atoms with Crippen molar-refractivity contribution in [2.45, 2.75) is 34.6 Å². The lowest BCUT2D eigenvalue weighted by Gasteiger charge is -2.43. The smallest absolute Gasteiger partial charge is 0.328 e. The van der Waals surface area contributed by atoms with Gasteiger partial charge in [0.2, 0.25) is 0 Å². The van der Waals surface area contributed by atoms with Gasteiger partial charge in [0.05, 0.1) is 15.5 Å². The van der Waals surface area contributed by atoms with E-state index in [1.54, 1.807) is 0 Å². The molecule has 2 fully saturated rings. The first-order valence-corrected chi connectivity index (χ1v) is 6.48. The number of carbonyl (C=O) groups excluding carboxylic acids is 1.